The highest BCUT2D eigenvalue weighted by molar-refractivity contribution is 6.15. The van der Waals surface area contributed by atoms with Gasteiger partial charge in [-0.3, -0.25) is 9.69 Å². The van der Waals surface area contributed by atoms with Crippen LogP contribution >= 0.6 is 0 Å². The topological polar surface area (TPSA) is 70.4 Å². The number of allylic oxidation sites excluding steroid dienone is 1. The van der Waals surface area contributed by atoms with Crippen LogP contribution in [0, 0.1) is 0 Å². The summed E-state index contributed by atoms with van der Waals surface area (Å²) < 4.78 is 28.2. The van der Waals surface area contributed by atoms with Crippen LogP contribution in [-0.4, -0.2) is 31.6 Å². The maximum atomic E-state index is 13.0. The maximum absolute atomic E-state index is 13.0. The Bertz CT molecular complexity index is 1170. The van der Waals surface area contributed by atoms with E-state index in [4.69, 9.17) is 23.4 Å². The molecule has 3 aromatic rings. The number of methoxy groups -OCH3 is 2. The van der Waals surface area contributed by atoms with Crippen molar-refractivity contribution in [3.8, 4) is 23.0 Å². The second kappa shape index (κ2) is 7.85. The quantitative estimate of drug-likeness (QED) is 0.572. The summed E-state index contributed by atoms with van der Waals surface area (Å²) in [4.78, 5) is 15.1. The SMILES string of the molecule is COc1cccc(C=C2Oc3c(ccc4c3CN(Cc3ccco3)CO4)C2=O)c1OC. The molecule has 0 radical (unpaired) electrons. The Balaban J connectivity index is 1.46. The molecule has 31 heavy (non-hydrogen) atoms. The largest absolute Gasteiger partial charge is 0.493 e. The predicted octanol–water partition coefficient (Wildman–Crippen LogP) is 4.27. The van der Waals surface area contributed by atoms with Gasteiger partial charge < -0.3 is 23.4 Å². The van der Waals surface area contributed by atoms with E-state index in [9.17, 15) is 4.79 Å². The number of hydrogen-bond donors (Lipinski definition) is 0. The summed E-state index contributed by atoms with van der Waals surface area (Å²) in [5, 5.41) is 0. The lowest BCUT2D eigenvalue weighted by molar-refractivity contribution is 0.0810. The van der Waals surface area contributed by atoms with Gasteiger partial charge in [0.05, 0.1) is 38.2 Å². The number of para-hydroxylation sites is 1. The summed E-state index contributed by atoms with van der Waals surface area (Å²) in [5.74, 6) is 3.30. The third kappa shape index (κ3) is 3.43. The van der Waals surface area contributed by atoms with E-state index in [1.807, 2.05) is 30.3 Å². The number of carbonyl (C=O) groups is 1. The molecule has 3 heterocycles. The van der Waals surface area contributed by atoms with Crippen molar-refractivity contribution in [2.45, 2.75) is 13.1 Å². The molecule has 0 bridgehead atoms. The lowest BCUT2D eigenvalue weighted by Gasteiger charge is -2.29. The molecule has 0 N–H and O–H groups in total. The molecular weight excluding hydrogens is 398 g/mol. The van der Waals surface area contributed by atoms with Crippen molar-refractivity contribution < 1.29 is 28.2 Å². The molecule has 0 atom stereocenters. The normalized spacial score (nSPS) is 16.5. The Hall–Kier alpha value is -3.71. The van der Waals surface area contributed by atoms with Crippen LogP contribution in [0.1, 0.15) is 27.2 Å². The first-order valence-corrected chi connectivity index (χ1v) is 9.86. The Morgan fingerprint density at radius 1 is 1.10 bits per heavy atom. The van der Waals surface area contributed by atoms with Crippen LogP contribution in [0.3, 0.4) is 0 Å². The second-order valence-electron chi connectivity index (χ2n) is 7.28. The first kappa shape index (κ1) is 19.3. The number of benzene rings is 2. The van der Waals surface area contributed by atoms with Crippen molar-refractivity contribution >= 4 is 11.9 Å². The van der Waals surface area contributed by atoms with Crippen LogP contribution in [0.2, 0.25) is 0 Å². The van der Waals surface area contributed by atoms with Gasteiger partial charge in [0.2, 0.25) is 5.78 Å². The highest BCUT2D eigenvalue weighted by atomic mass is 16.5. The fourth-order valence-corrected chi connectivity index (χ4v) is 3.90. The number of furan rings is 1. The van der Waals surface area contributed by atoms with Gasteiger partial charge >= 0.3 is 0 Å². The molecule has 1 aromatic heterocycles. The summed E-state index contributed by atoms with van der Waals surface area (Å²) in [5.41, 5.74) is 2.07. The number of carbonyl (C=O) groups excluding carboxylic acids is 1. The number of rotatable bonds is 5. The molecule has 7 nitrogen and oxygen atoms in total. The molecule has 0 aliphatic carbocycles. The van der Waals surface area contributed by atoms with E-state index in [1.165, 1.54) is 0 Å². The van der Waals surface area contributed by atoms with Crippen molar-refractivity contribution in [3.05, 3.63) is 76.9 Å². The van der Waals surface area contributed by atoms with Gasteiger partial charge in [-0.1, -0.05) is 12.1 Å². The smallest absolute Gasteiger partial charge is 0.231 e. The third-order valence-corrected chi connectivity index (χ3v) is 5.36. The summed E-state index contributed by atoms with van der Waals surface area (Å²) in [7, 11) is 3.13. The minimum atomic E-state index is -0.175. The van der Waals surface area contributed by atoms with Gasteiger partial charge in [-0.2, -0.15) is 0 Å². The number of ether oxygens (including phenoxy) is 4. The molecule has 0 saturated heterocycles. The van der Waals surface area contributed by atoms with Crippen LogP contribution in [0.5, 0.6) is 23.0 Å². The molecule has 2 aliphatic rings. The Morgan fingerprint density at radius 2 is 2.00 bits per heavy atom. The zero-order valence-electron chi connectivity index (χ0n) is 17.2. The Kier molecular flexibility index (Phi) is 4.88. The molecule has 158 valence electrons. The van der Waals surface area contributed by atoms with E-state index < -0.39 is 0 Å². The van der Waals surface area contributed by atoms with E-state index in [2.05, 4.69) is 4.90 Å². The van der Waals surface area contributed by atoms with Gasteiger partial charge in [-0.25, -0.2) is 0 Å². The minimum absolute atomic E-state index is 0.175. The molecule has 5 rings (SSSR count). The van der Waals surface area contributed by atoms with Crippen molar-refractivity contribution in [2.24, 2.45) is 0 Å². The number of hydrogen-bond acceptors (Lipinski definition) is 7. The number of nitrogens with zero attached hydrogens (tertiary/aromatic N) is 1. The molecule has 2 aromatic carbocycles. The lowest BCUT2D eigenvalue weighted by Crippen LogP contribution is -2.31. The lowest BCUT2D eigenvalue weighted by atomic mass is 10.0. The summed E-state index contributed by atoms with van der Waals surface area (Å²) in [6, 6.07) is 12.8. The van der Waals surface area contributed by atoms with E-state index in [1.54, 1.807) is 38.7 Å². The van der Waals surface area contributed by atoms with E-state index >= 15 is 0 Å². The number of Topliss-reactive ketones (excluding diaryl/α,β-unsaturated/α-hetero) is 1. The van der Waals surface area contributed by atoms with Crippen LogP contribution in [0.4, 0.5) is 0 Å². The first-order valence-electron chi connectivity index (χ1n) is 9.86. The molecule has 0 unspecified atom stereocenters. The average Bonchev–Trinajstić information content (AvgIpc) is 3.42. The molecular formula is C24H21NO6. The molecule has 0 saturated carbocycles. The average molecular weight is 419 g/mol. The van der Waals surface area contributed by atoms with Crippen LogP contribution in [0.25, 0.3) is 6.08 Å². The summed E-state index contributed by atoms with van der Waals surface area (Å²) >= 11 is 0. The molecule has 0 amide bonds. The first-order chi connectivity index (χ1) is 15.2. The predicted molar refractivity (Wildman–Crippen MR) is 112 cm³/mol. The van der Waals surface area contributed by atoms with Gasteiger partial charge in [0.1, 0.15) is 24.0 Å². The highest BCUT2D eigenvalue weighted by Crippen LogP contribution is 2.43. The third-order valence-electron chi connectivity index (χ3n) is 5.36. The fourth-order valence-electron chi connectivity index (χ4n) is 3.90. The Morgan fingerprint density at radius 3 is 2.77 bits per heavy atom. The van der Waals surface area contributed by atoms with Gasteiger partial charge in [-0.15, -0.1) is 0 Å². The second-order valence-corrected chi connectivity index (χ2v) is 7.28. The number of ketones is 1. The summed E-state index contributed by atoms with van der Waals surface area (Å²) in [6.45, 7) is 1.63. The van der Waals surface area contributed by atoms with Crippen molar-refractivity contribution in [2.75, 3.05) is 21.0 Å². The van der Waals surface area contributed by atoms with Crippen LogP contribution in [0.15, 0.2) is 58.9 Å². The van der Waals surface area contributed by atoms with Gasteiger partial charge in [0.25, 0.3) is 0 Å². The maximum Gasteiger partial charge on any atom is 0.231 e. The van der Waals surface area contributed by atoms with E-state index in [-0.39, 0.29) is 11.5 Å². The van der Waals surface area contributed by atoms with E-state index in [0.29, 0.717) is 48.2 Å². The van der Waals surface area contributed by atoms with Gasteiger partial charge in [0, 0.05) is 12.1 Å². The Labute approximate surface area is 179 Å². The monoisotopic (exact) mass is 419 g/mol. The molecule has 2 aliphatic heterocycles. The van der Waals surface area contributed by atoms with Crippen molar-refractivity contribution in [1.82, 2.24) is 4.90 Å². The van der Waals surface area contributed by atoms with Crippen molar-refractivity contribution in [3.63, 3.8) is 0 Å². The zero-order chi connectivity index (χ0) is 21.4. The van der Waals surface area contributed by atoms with Crippen LogP contribution in [-0.2, 0) is 13.1 Å². The molecule has 0 spiro atoms. The van der Waals surface area contributed by atoms with Gasteiger partial charge in [-0.05, 0) is 36.4 Å². The minimum Gasteiger partial charge on any atom is -0.493 e. The zero-order valence-corrected chi connectivity index (χ0v) is 17.2. The van der Waals surface area contributed by atoms with Crippen LogP contribution < -0.4 is 18.9 Å². The van der Waals surface area contributed by atoms with Crippen molar-refractivity contribution in [1.29, 1.82) is 0 Å². The standard InChI is InChI=1S/C24H21NO6/c1-27-20-7-3-5-15(23(20)28-2)11-21-22(26)17-8-9-19-18(24(17)31-21)13-25(14-30-19)12-16-6-4-10-29-16/h3-11H,12-14H2,1-2H3. The molecule has 0 fully saturated rings. The van der Waals surface area contributed by atoms with E-state index in [0.717, 1.165) is 17.1 Å². The molecule has 7 heteroatoms. The highest BCUT2D eigenvalue weighted by Gasteiger charge is 2.34. The summed E-state index contributed by atoms with van der Waals surface area (Å²) in [6.07, 6.45) is 3.33. The van der Waals surface area contributed by atoms with Gasteiger partial charge in [0.15, 0.2) is 17.3 Å². The fraction of sp³-hybridized carbons (Fsp3) is 0.208. The number of fused-ring (bicyclic) bond motifs is 3.